The number of rotatable bonds is 3. The maximum absolute atomic E-state index is 8.85. The summed E-state index contributed by atoms with van der Waals surface area (Å²) < 4.78 is 4.96. The van der Waals surface area contributed by atoms with Crippen molar-refractivity contribution >= 4 is 11.6 Å². The van der Waals surface area contributed by atoms with Gasteiger partial charge in [0, 0.05) is 11.8 Å². The fourth-order valence-electron chi connectivity index (χ4n) is 0.977. The van der Waals surface area contributed by atoms with E-state index in [4.69, 9.17) is 27.2 Å². The molecule has 1 rings (SSSR count). The van der Waals surface area contributed by atoms with E-state index >= 15 is 0 Å². The summed E-state index contributed by atoms with van der Waals surface area (Å²) in [4.78, 5) is 3.92. The smallest absolute Gasteiger partial charge is 0.218 e. The highest BCUT2D eigenvalue weighted by molar-refractivity contribution is 6.30. The molecule has 3 N–H and O–H groups in total. The van der Waals surface area contributed by atoms with Crippen molar-refractivity contribution in [3.8, 4) is 5.88 Å². The minimum atomic E-state index is -0.513. The van der Waals surface area contributed by atoms with Gasteiger partial charge < -0.3 is 15.6 Å². The number of aliphatic hydroxyl groups excluding tert-OH is 1. The Hall–Kier alpha value is -0.840. The minimum Gasteiger partial charge on any atom is -0.481 e. The highest BCUT2D eigenvalue weighted by atomic mass is 35.5. The Labute approximate surface area is 81.3 Å². The molecular formula is C8H11ClN2O2. The molecule has 1 aromatic rings. The normalized spacial score (nSPS) is 12.6. The fourth-order valence-corrected chi connectivity index (χ4v) is 1.14. The number of hydrogen-bond donors (Lipinski definition) is 2. The number of aliphatic hydroxyl groups is 1. The van der Waals surface area contributed by atoms with E-state index in [9.17, 15) is 0 Å². The summed E-state index contributed by atoms with van der Waals surface area (Å²) >= 11 is 5.72. The van der Waals surface area contributed by atoms with Crippen LogP contribution < -0.4 is 10.5 Å². The van der Waals surface area contributed by atoms with Gasteiger partial charge >= 0.3 is 0 Å². The molecule has 13 heavy (non-hydrogen) atoms. The van der Waals surface area contributed by atoms with E-state index in [1.807, 2.05) is 0 Å². The van der Waals surface area contributed by atoms with Crippen LogP contribution >= 0.6 is 11.6 Å². The molecule has 0 radical (unpaired) electrons. The third-order valence-corrected chi connectivity index (χ3v) is 1.84. The van der Waals surface area contributed by atoms with E-state index in [-0.39, 0.29) is 6.61 Å². The molecule has 5 heteroatoms. The molecule has 0 saturated carbocycles. The van der Waals surface area contributed by atoms with Gasteiger partial charge in [-0.3, -0.25) is 0 Å². The maximum atomic E-state index is 8.85. The van der Waals surface area contributed by atoms with E-state index in [1.165, 1.54) is 13.3 Å². The summed E-state index contributed by atoms with van der Waals surface area (Å²) in [5, 5.41) is 9.32. The fraction of sp³-hybridized carbons (Fsp3) is 0.375. The number of pyridine rings is 1. The maximum Gasteiger partial charge on any atom is 0.218 e. The van der Waals surface area contributed by atoms with Crippen molar-refractivity contribution < 1.29 is 9.84 Å². The lowest BCUT2D eigenvalue weighted by Crippen LogP contribution is -2.16. The van der Waals surface area contributed by atoms with Crippen LogP contribution in [0.1, 0.15) is 11.6 Å². The first kappa shape index (κ1) is 10.2. The second-order valence-corrected chi connectivity index (χ2v) is 2.98. The second kappa shape index (κ2) is 4.41. The number of halogens is 1. The summed E-state index contributed by atoms with van der Waals surface area (Å²) in [5.41, 5.74) is 6.22. The molecule has 1 atom stereocenters. The molecule has 0 saturated heterocycles. The third-order valence-electron chi connectivity index (χ3n) is 1.63. The van der Waals surface area contributed by atoms with Crippen molar-refractivity contribution in [1.29, 1.82) is 0 Å². The number of nitrogens with two attached hydrogens (primary N) is 1. The monoisotopic (exact) mass is 202 g/mol. The lowest BCUT2D eigenvalue weighted by Gasteiger charge is -2.12. The van der Waals surface area contributed by atoms with Gasteiger partial charge in [0.05, 0.1) is 24.8 Å². The first-order valence-electron chi connectivity index (χ1n) is 3.75. The summed E-state index contributed by atoms with van der Waals surface area (Å²) in [6.07, 6.45) is 1.47. The molecule has 0 aliphatic heterocycles. The van der Waals surface area contributed by atoms with Crippen molar-refractivity contribution in [3.05, 3.63) is 22.8 Å². The average Bonchev–Trinajstić information content (AvgIpc) is 2.16. The Morgan fingerprint density at radius 1 is 1.77 bits per heavy atom. The van der Waals surface area contributed by atoms with Gasteiger partial charge in [0.15, 0.2) is 0 Å². The largest absolute Gasteiger partial charge is 0.481 e. The Kier molecular flexibility index (Phi) is 3.48. The first-order chi connectivity index (χ1) is 6.19. The SMILES string of the molecule is COc1ncc(Cl)cc1C(N)CO. The molecule has 1 heterocycles. The van der Waals surface area contributed by atoms with Crippen LogP contribution in [0.5, 0.6) is 5.88 Å². The van der Waals surface area contributed by atoms with Crippen LogP contribution in [0.25, 0.3) is 0 Å². The van der Waals surface area contributed by atoms with Crippen LogP contribution in [0.4, 0.5) is 0 Å². The van der Waals surface area contributed by atoms with Crippen LogP contribution in [0.2, 0.25) is 5.02 Å². The van der Waals surface area contributed by atoms with Crippen LogP contribution in [0, 0.1) is 0 Å². The molecule has 0 amide bonds. The van der Waals surface area contributed by atoms with Crippen LogP contribution in [0.15, 0.2) is 12.3 Å². The first-order valence-corrected chi connectivity index (χ1v) is 4.12. The molecule has 0 fully saturated rings. The van der Waals surface area contributed by atoms with E-state index in [1.54, 1.807) is 6.07 Å². The highest BCUT2D eigenvalue weighted by Crippen LogP contribution is 2.23. The second-order valence-electron chi connectivity index (χ2n) is 2.54. The average molecular weight is 203 g/mol. The Balaban J connectivity index is 3.07. The van der Waals surface area contributed by atoms with Gasteiger partial charge in [0.1, 0.15) is 0 Å². The van der Waals surface area contributed by atoms with Crippen LogP contribution in [-0.4, -0.2) is 23.8 Å². The predicted octanol–water partition coefficient (Wildman–Crippen LogP) is 0.736. The van der Waals surface area contributed by atoms with Gasteiger partial charge in [-0.15, -0.1) is 0 Å². The molecule has 1 aromatic heterocycles. The van der Waals surface area contributed by atoms with E-state index in [2.05, 4.69) is 4.98 Å². The Bertz CT molecular complexity index is 293. The number of aromatic nitrogens is 1. The Morgan fingerprint density at radius 3 is 3.00 bits per heavy atom. The lowest BCUT2D eigenvalue weighted by molar-refractivity contribution is 0.263. The Morgan fingerprint density at radius 2 is 2.46 bits per heavy atom. The van der Waals surface area contributed by atoms with Crippen molar-refractivity contribution in [2.24, 2.45) is 5.73 Å². The molecule has 0 aliphatic rings. The molecule has 4 nitrogen and oxygen atoms in total. The van der Waals surface area contributed by atoms with Gasteiger partial charge in [-0.2, -0.15) is 0 Å². The van der Waals surface area contributed by atoms with Crippen molar-refractivity contribution in [2.75, 3.05) is 13.7 Å². The lowest BCUT2D eigenvalue weighted by atomic mass is 10.1. The molecule has 0 aromatic carbocycles. The number of nitrogens with zero attached hydrogens (tertiary/aromatic N) is 1. The third kappa shape index (κ3) is 2.30. The van der Waals surface area contributed by atoms with Crippen LogP contribution in [0.3, 0.4) is 0 Å². The molecule has 0 aliphatic carbocycles. The molecule has 1 unspecified atom stereocenters. The summed E-state index contributed by atoms with van der Waals surface area (Å²) in [6, 6.07) is 1.12. The zero-order chi connectivity index (χ0) is 9.84. The van der Waals surface area contributed by atoms with Gasteiger partial charge in [0.2, 0.25) is 5.88 Å². The number of ether oxygens (including phenoxy) is 1. The number of methoxy groups -OCH3 is 1. The summed E-state index contributed by atoms with van der Waals surface area (Å²) in [7, 11) is 1.49. The zero-order valence-corrected chi connectivity index (χ0v) is 7.95. The molecule has 0 bridgehead atoms. The van der Waals surface area contributed by atoms with E-state index in [0.29, 0.717) is 16.5 Å². The van der Waals surface area contributed by atoms with Gasteiger partial charge in [-0.1, -0.05) is 11.6 Å². The summed E-state index contributed by atoms with van der Waals surface area (Å²) in [5.74, 6) is 0.394. The standard InChI is InChI=1S/C8H11ClN2O2/c1-13-8-6(7(10)4-12)2-5(9)3-11-8/h2-3,7,12H,4,10H2,1H3. The topological polar surface area (TPSA) is 68.4 Å². The predicted molar refractivity (Wildman–Crippen MR) is 49.8 cm³/mol. The van der Waals surface area contributed by atoms with Gasteiger partial charge in [-0.25, -0.2) is 4.98 Å². The molecule has 72 valence electrons. The molecule has 0 spiro atoms. The van der Waals surface area contributed by atoms with Gasteiger partial charge in [0.25, 0.3) is 0 Å². The highest BCUT2D eigenvalue weighted by Gasteiger charge is 2.12. The summed E-state index contributed by atoms with van der Waals surface area (Å²) in [6.45, 7) is -0.168. The van der Waals surface area contributed by atoms with E-state index in [0.717, 1.165) is 0 Å². The van der Waals surface area contributed by atoms with Crippen molar-refractivity contribution in [3.63, 3.8) is 0 Å². The van der Waals surface area contributed by atoms with Crippen molar-refractivity contribution in [1.82, 2.24) is 4.98 Å². The quantitative estimate of drug-likeness (QED) is 0.759. The molecular weight excluding hydrogens is 192 g/mol. The minimum absolute atomic E-state index is 0.168. The van der Waals surface area contributed by atoms with E-state index < -0.39 is 6.04 Å². The van der Waals surface area contributed by atoms with Crippen molar-refractivity contribution in [2.45, 2.75) is 6.04 Å². The van der Waals surface area contributed by atoms with Gasteiger partial charge in [-0.05, 0) is 6.07 Å². The van der Waals surface area contributed by atoms with Crippen LogP contribution in [-0.2, 0) is 0 Å². The zero-order valence-electron chi connectivity index (χ0n) is 7.20. The number of hydrogen-bond acceptors (Lipinski definition) is 4.